The first-order chi connectivity index (χ1) is 11.0. The number of rotatable bonds is 6. The standard InChI is InChI=1S/C19H23ClN2O/c1-13(2)18(15-8-5-4-6-9-15)21-14(3)19(23)22-17-11-7-10-16(20)12-17/h4-14,18,21H,1-3H3,(H,22,23)/p+1/t14-,18-/m1/s1. The monoisotopic (exact) mass is 331 g/mol. The van der Waals surface area contributed by atoms with Gasteiger partial charge < -0.3 is 10.6 Å². The Balaban J connectivity index is 2.03. The number of benzene rings is 2. The predicted octanol–water partition coefficient (Wildman–Crippen LogP) is 3.63. The fourth-order valence-electron chi connectivity index (χ4n) is 2.61. The molecule has 0 unspecified atom stereocenters. The van der Waals surface area contributed by atoms with Crippen LogP contribution in [0.3, 0.4) is 0 Å². The molecule has 3 N–H and O–H groups in total. The van der Waals surface area contributed by atoms with Gasteiger partial charge in [-0.1, -0.05) is 61.8 Å². The Hall–Kier alpha value is -1.84. The average Bonchev–Trinajstić information content (AvgIpc) is 2.52. The Morgan fingerprint density at radius 1 is 1.04 bits per heavy atom. The fourth-order valence-corrected chi connectivity index (χ4v) is 2.80. The number of hydrogen-bond donors (Lipinski definition) is 2. The summed E-state index contributed by atoms with van der Waals surface area (Å²) in [5.41, 5.74) is 1.97. The van der Waals surface area contributed by atoms with Crippen molar-refractivity contribution in [2.24, 2.45) is 5.92 Å². The van der Waals surface area contributed by atoms with Crippen molar-refractivity contribution in [1.29, 1.82) is 0 Å². The molecule has 0 aliphatic rings. The van der Waals surface area contributed by atoms with E-state index in [1.54, 1.807) is 12.1 Å². The summed E-state index contributed by atoms with van der Waals surface area (Å²) in [6.07, 6.45) is 0. The van der Waals surface area contributed by atoms with E-state index < -0.39 is 0 Å². The normalized spacial score (nSPS) is 13.6. The molecule has 0 aromatic heterocycles. The van der Waals surface area contributed by atoms with Crippen LogP contribution in [0.2, 0.25) is 5.02 Å². The smallest absolute Gasteiger partial charge is 0.282 e. The number of anilines is 1. The largest absolute Gasteiger partial charge is 0.330 e. The van der Waals surface area contributed by atoms with E-state index in [9.17, 15) is 4.79 Å². The predicted molar refractivity (Wildman–Crippen MR) is 95.5 cm³/mol. The van der Waals surface area contributed by atoms with E-state index in [2.05, 4.69) is 36.6 Å². The maximum absolute atomic E-state index is 12.4. The van der Waals surface area contributed by atoms with Gasteiger partial charge in [0.15, 0.2) is 6.04 Å². The molecule has 0 saturated carbocycles. The van der Waals surface area contributed by atoms with Gasteiger partial charge in [0.05, 0.1) is 0 Å². The Labute approximate surface area is 143 Å². The van der Waals surface area contributed by atoms with Crippen molar-refractivity contribution in [2.45, 2.75) is 32.9 Å². The van der Waals surface area contributed by atoms with Crippen LogP contribution in [0, 0.1) is 5.92 Å². The first-order valence-electron chi connectivity index (χ1n) is 7.93. The number of amides is 1. The maximum Gasteiger partial charge on any atom is 0.282 e. The highest BCUT2D eigenvalue weighted by Gasteiger charge is 2.25. The third-order valence-corrected chi connectivity index (χ3v) is 4.14. The van der Waals surface area contributed by atoms with Gasteiger partial charge in [0.25, 0.3) is 5.91 Å². The van der Waals surface area contributed by atoms with Crippen LogP contribution in [0.4, 0.5) is 5.69 Å². The van der Waals surface area contributed by atoms with Gasteiger partial charge in [-0.2, -0.15) is 0 Å². The van der Waals surface area contributed by atoms with Crippen molar-refractivity contribution in [2.75, 3.05) is 5.32 Å². The lowest BCUT2D eigenvalue weighted by Gasteiger charge is -2.23. The van der Waals surface area contributed by atoms with Gasteiger partial charge >= 0.3 is 0 Å². The summed E-state index contributed by atoms with van der Waals surface area (Å²) in [7, 11) is 0. The van der Waals surface area contributed by atoms with E-state index in [1.807, 2.05) is 37.3 Å². The Kier molecular flexibility index (Phi) is 6.20. The zero-order chi connectivity index (χ0) is 16.8. The number of carbonyl (C=O) groups excluding carboxylic acids is 1. The highest BCUT2D eigenvalue weighted by atomic mass is 35.5. The summed E-state index contributed by atoms with van der Waals surface area (Å²) >= 11 is 5.95. The molecule has 0 bridgehead atoms. The van der Waals surface area contributed by atoms with Crippen LogP contribution in [-0.4, -0.2) is 11.9 Å². The number of nitrogens with two attached hydrogens (primary N) is 1. The Bertz CT molecular complexity index is 643. The lowest BCUT2D eigenvalue weighted by molar-refractivity contribution is -0.718. The Morgan fingerprint density at radius 3 is 2.35 bits per heavy atom. The number of carbonyl (C=O) groups is 1. The molecule has 4 heteroatoms. The van der Waals surface area contributed by atoms with Crippen LogP contribution in [0.1, 0.15) is 32.4 Å². The summed E-state index contributed by atoms with van der Waals surface area (Å²) in [6, 6.07) is 17.6. The minimum absolute atomic E-state index is 0.0196. The fraction of sp³-hybridized carbons (Fsp3) is 0.316. The molecule has 2 aromatic carbocycles. The highest BCUT2D eigenvalue weighted by molar-refractivity contribution is 6.30. The second-order valence-corrected chi connectivity index (χ2v) is 6.60. The molecule has 23 heavy (non-hydrogen) atoms. The van der Waals surface area contributed by atoms with Gasteiger partial charge in [-0.3, -0.25) is 4.79 Å². The van der Waals surface area contributed by atoms with Crippen molar-refractivity contribution in [3.05, 3.63) is 65.2 Å². The first-order valence-corrected chi connectivity index (χ1v) is 8.31. The summed E-state index contributed by atoms with van der Waals surface area (Å²) in [4.78, 5) is 12.4. The van der Waals surface area contributed by atoms with E-state index in [4.69, 9.17) is 11.6 Å². The van der Waals surface area contributed by atoms with Crippen LogP contribution < -0.4 is 10.6 Å². The van der Waals surface area contributed by atoms with Crippen molar-refractivity contribution in [1.82, 2.24) is 0 Å². The molecule has 2 atom stereocenters. The maximum atomic E-state index is 12.4. The van der Waals surface area contributed by atoms with Gasteiger partial charge in [0.2, 0.25) is 0 Å². The summed E-state index contributed by atoms with van der Waals surface area (Å²) < 4.78 is 0. The third-order valence-electron chi connectivity index (χ3n) is 3.90. The lowest BCUT2D eigenvalue weighted by Crippen LogP contribution is -2.93. The van der Waals surface area contributed by atoms with Crippen LogP contribution in [0.25, 0.3) is 0 Å². The summed E-state index contributed by atoms with van der Waals surface area (Å²) in [5.74, 6) is 0.410. The molecule has 0 saturated heterocycles. The van der Waals surface area contributed by atoms with Crippen LogP contribution in [-0.2, 0) is 4.79 Å². The van der Waals surface area contributed by atoms with Gasteiger partial charge in [0, 0.05) is 22.2 Å². The zero-order valence-electron chi connectivity index (χ0n) is 13.8. The Morgan fingerprint density at radius 2 is 1.74 bits per heavy atom. The highest BCUT2D eigenvalue weighted by Crippen LogP contribution is 2.18. The van der Waals surface area contributed by atoms with Gasteiger partial charge in [-0.15, -0.1) is 0 Å². The third kappa shape index (κ3) is 5.08. The number of halogens is 1. The van der Waals surface area contributed by atoms with Crippen molar-refractivity contribution < 1.29 is 10.1 Å². The van der Waals surface area contributed by atoms with E-state index in [1.165, 1.54) is 5.56 Å². The van der Waals surface area contributed by atoms with Gasteiger partial charge in [-0.05, 0) is 25.1 Å². The minimum atomic E-state index is -0.193. The van der Waals surface area contributed by atoms with Crippen LogP contribution in [0.15, 0.2) is 54.6 Å². The molecule has 122 valence electrons. The molecule has 0 fully saturated rings. The molecule has 3 nitrogen and oxygen atoms in total. The molecule has 0 spiro atoms. The molecule has 1 amide bonds. The summed E-state index contributed by atoms with van der Waals surface area (Å²) in [5, 5.41) is 5.66. The molecule has 0 aliphatic heterocycles. The van der Waals surface area contributed by atoms with E-state index in [0.29, 0.717) is 10.9 Å². The van der Waals surface area contributed by atoms with Crippen LogP contribution >= 0.6 is 11.6 Å². The quantitative estimate of drug-likeness (QED) is 0.834. The van der Waals surface area contributed by atoms with E-state index >= 15 is 0 Å². The van der Waals surface area contributed by atoms with Crippen LogP contribution in [0.5, 0.6) is 0 Å². The molecule has 2 aromatic rings. The molecule has 0 radical (unpaired) electrons. The number of hydrogen-bond acceptors (Lipinski definition) is 1. The summed E-state index contributed by atoms with van der Waals surface area (Å²) in [6.45, 7) is 6.28. The minimum Gasteiger partial charge on any atom is -0.330 e. The molecule has 0 aliphatic carbocycles. The molecule has 0 heterocycles. The second kappa shape index (κ2) is 8.14. The van der Waals surface area contributed by atoms with Crippen molar-refractivity contribution in [3.63, 3.8) is 0 Å². The lowest BCUT2D eigenvalue weighted by atomic mass is 9.95. The first kappa shape index (κ1) is 17.5. The topological polar surface area (TPSA) is 45.7 Å². The van der Waals surface area contributed by atoms with E-state index in [-0.39, 0.29) is 18.0 Å². The SMILES string of the molecule is CC(C)[C@@H]([NH2+][C@H](C)C(=O)Nc1cccc(Cl)c1)c1ccccc1. The van der Waals surface area contributed by atoms with Crippen molar-refractivity contribution >= 4 is 23.2 Å². The molecular weight excluding hydrogens is 308 g/mol. The second-order valence-electron chi connectivity index (χ2n) is 6.16. The zero-order valence-corrected chi connectivity index (χ0v) is 14.5. The number of quaternary nitrogens is 1. The van der Waals surface area contributed by atoms with Gasteiger partial charge in [-0.25, -0.2) is 0 Å². The number of nitrogens with one attached hydrogen (secondary N) is 1. The van der Waals surface area contributed by atoms with E-state index in [0.717, 1.165) is 5.69 Å². The van der Waals surface area contributed by atoms with Gasteiger partial charge in [0.1, 0.15) is 6.04 Å². The molecular formula is C19H24ClN2O+. The molecule has 2 rings (SSSR count). The average molecular weight is 332 g/mol. The van der Waals surface area contributed by atoms with Crippen molar-refractivity contribution in [3.8, 4) is 0 Å².